The number of rotatable bonds is 3. The van der Waals surface area contributed by atoms with E-state index >= 15 is 0 Å². The Labute approximate surface area is 174 Å². The van der Waals surface area contributed by atoms with Crippen molar-refractivity contribution in [3.63, 3.8) is 0 Å². The maximum absolute atomic E-state index is 13.7. The normalized spacial score (nSPS) is 15.5. The molecule has 1 N–H and O–H groups in total. The number of anilines is 1. The van der Waals surface area contributed by atoms with Crippen molar-refractivity contribution < 1.29 is 14.7 Å². The van der Waals surface area contributed by atoms with Gasteiger partial charge in [0.1, 0.15) is 11.8 Å². The summed E-state index contributed by atoms with van der Waals surface area (Å²) in [4.78, 5) is 28.4. The third kappa shape index (κ3) is 3.00. The standard InChI is InChI=1S/C24H20ClNO3/c1-13-8-10-16(11-9-13)26-22(17-6-4-5-7-18(17)24(26)29)23(28)20-15(3)21(25)14(2)12-19(20)27/h4-12,22,27H,1-3H3/t22-/m1/s1. The molecule has 4 rings (SSSR count). The number of hydrogen-bond donors (Lipinski definition) is 1. The summed E-state index contributed by atoms with van der Waals surface area (Å²) < 4.78 is 0. The molecule has 3 aromatic carbocycles. The molecule has 1 atom stereocenters. The molecule has 1 heterocycles. The quantitative estimate of drug-likeness (QED) is 0.581. The Morgan fingerprint density at radius 2 is 1.69 bits per heavy atom. The Hall–Kier alpha value is -3.11. The first-order valence-corrected chi connectivity index (χ1v) is 9.71. The van der Waals surface area contributed by atoms with Crippen LogP contribution in [-0.4, -0.2) is 16.8 Å². The van der Waals surface area contributed by atoms with E-state index in [1.54, 1.807) is 38.1 Å². The van der Waals surface area contributed by atoms with Crippen molar-refractivity contribution in [2.75, 3.05) is 4.90 Å². The molecule has 0 radical (unpaired) electrons. The van der Waals surface area contributed by atoms with Crippen LogP contribution in [0, 0.1) is 20.8 Å². The zero-order valence-electron chi connectivity index (χ0n) is 16.4. The van der Waals surface area contributed by atoms with E-state index in [1.807, 2.05) is 31.2 Å². The molecule has 4 nitrogen and oxygen atoms in total. The van der Waals surface area contributed by atoms with E-state index in [1.165, 1.54) is 11.0 Å². The topological polar surface area (TPSA) is 57.6 Å². The van der Waals surface area contributed by atoms with Crippen LogP contribution in [0.4, 0.5) is 5.69 Å². The minimum Gasteiger partial charge on any atom is -0.507 e. The van der Waals surface area contributed by atoms with Crippen LogP contribution in [0.5, 0.6) is 5.75 Å². The number of nitrogens with zero attached hydrogens (tertiary/aromatic N) is 1. The number of amides is 1. The number of Topliss-reactive ketones (excluding diaryl/α,β-unsaturated/α-hetero) is 1. The van der Waals surface area contributed by atoms with Crippen molar-refractivity contribution >= 4 is 29.0 Å². The first-order valence-electron chi connectivity index (χ1n) is 9.33. The van der Waals surface area contributed by atoms with Crippen molar-refractivity contribution in [3.05, 3.63) is 93.0 Å². The van der Waals surface area contributed by atoms with Crippen LogP contribution in [0.25, 0.3) is 0 Å². The predicted molar refractivity (Wildman–Crippen MR) is 114 cm³/mol. The summed E-state index contributed by atoms with van der Waals surface area (Å²) in [6, 6.07) is 15.2. The van der Waals surface area contributed by atoms with E-state index in [0.29, 0.717) is 33.0 Å². The molecule has 0 spiro atoms. The second-order valence-corrected chi connectivity index (χ2v) is 7.77. The molecule has 5 heteroatoms. The van der Waals surface area contributed by atoms with Gasteiger partial charge in [-0.1, -0.05) is 47.5 Å². The summed E-state index contributed by atoms with van der Waals surface area (Å²) in [5.41, 5.74) is 4.14. The fourth-order valence-corrected chi connectivity index (χ4v) is 4.08. The second kappa shape index (κ2) is 7.05. The largest absolute Gasteiger partial charge is 0.507 e. The molecule has 0 saturated carbocycles. The van der Waals surface area contributed by atoms with E-state index in [0.717, 1.165) is 5.56 Å². The van der Waals surface area contributed by atoms with E-state index in [4.69, 9.17) is 11.6 Å². The Morgan fingerprint density at radius 3 is 2.38 bits per heavy atom. The van der Waals surface area contributed by atoms with E-state index in [2.05, 4.69) is 0 Å². The summed E-state index contributed by atoms with van der Waals surface area (Å²) in [6.07, 6.45) is 0. The maximum Gasteiger partial charge on any atom is 0.259 e. The number of aromatic hydroxyl groups is 1. The van der Waals surface area contributed by atoms with Crippen LogP contribution in [0.15, 0.2) is 54.6 Å². The van der Waals surface area contributed by atoms with Crippen LogP contribution in [-0.2, 0) is 0 Å². The summed E-state index contributed by atoms with van der Waals surface area (Å²) in [5.74, 6) is -0.728. The van der Waals surface area contributed by atoms with Crippen LogP contribution in [0.2, 0.25) is 5.02 Å². The number of carbonyl (C=O) groups is 2. The summed E-state index contributed by atoms with van der Waals surface area (Å²) in [6.45, 7) is 5.44. The van der Waals surface area contributed by atoms with Crippen molar-refractivity contribution in [2.24, 2.45) is 0 Å². The SMILES string of the molecule is Cc1ccc(N2C(=O)c3ccccc3[C@@H]2C(=O)c2c(O)cc(C)c(Cl)c2C)cc1. The molecule has 0 aliphatic carbocycles. The molecule has 0 aromatic heterocycles. The molecule has 1 aliphatic heterocycles. The fraction of sp³-hybridized carbons (Fsp3) is 0.167. The first kappa shape index (κ1) is 19.2. The van der Waals surface area contributed by atoms with Gasteiger partial charge in [0.15, 0.2) is 5.78 Å². The van der Waals surface area contributed by atoms with Gasteiger partial charge in [0.2, 0.25) is 0 Å². The number of halogens is 1. The van der Waals surface area contributed by atoms with E-state index in [-0.39, 0.29) is 23.0 Å². The van der Waals surface area contributed by atoms with E-state index < -0.39 is 6.04 Å². The zero-order chi connectivity index (χ0) is 20.9. The number of phenolic OH excluding ortho intramolecular Hbond substituents is 1. The fourth-order valence-electron chi connectivity index (χ4n) is 3.93. The Bertz CT molecular complexity index is 1150. The van der Waals surface area contributed by atoms with Crippen molar-refractivity contribution in [2.45, 2.75) is 26.8 Å². The molecule has 29 heavy (non-hydrogen) atoms. The molecular weight excluding hydrogens is 386 g/mol. The summed E-state index contributed by atoms with van der Waals surface area (Å²) in [5, 5.41) is 11.0. The lowest BCUT2D eigenvalue weighted by molar-refractivity contribution is 0.0914. The Kier molecular flexibility index (Phi) is 4.67. The number of phenols is 1. The number of aryl methyl sites for hydroxylation is 2. The Morgan fingerprint density at radius 1 is 1.03 bits per heavy atom. The molecule has 146 valence electrons. The third-order valence-corrected chi connectivity index (χ3v) is 6.01. The van der Waals surface area contributed by atoms with Gasteiger partial charge < -0.3 is 5.11 Å². The molecule has 3 aromatic rings. The van der Waals surface area contributed by atoms with Crippen molar-refractivity contribution in [1.82, 2.24) is 0 Å². The Balaban J connectivity index is 1.91. The summed E-state index contributed by atoms with van der Waals surface area (Å²) in [7, 11) is 0. The van der Waals surface area contributed by atoms with Gasteiger partial charge in [-0.25, -0.2) is 0 Å². The number of benzene rings is 3. The lowest BCUT2D eigenvalue weighted by atomic mass is 9.92. The highest BCUT2D eigenvalue weighted by Crippen LogP contribution is 2.42. The molecule has 1 amide bonds. The highest BCUT2D eigenvalue weighted by atomic mass is 35.5. The van der Waals surface area contributed by atoms with Gasteiger partial charge in [-0.2, -0.15) is 0 Å². The average Bonchev–Trinajstić information content (AvgIpc) is 3.00. The lowest BCUT2D eigenvalue weighted by Crippen LogP contribution is -2.33. The van der Waals surface area contributed by atoms with Gasteiger partial charge in [0.05, 0.1) is 5.56 Å². The maximum atomic E-state index is 13.7. The smallest absolute Gasteiger partial charge is 0.259 e. The highest BCUT2D eigenvalue weighted by molar-refractivity contribution is 6.33. The van der Waals surface area contributed by atoms with Gasteiger partial charge in [-0.3, -0.25) is 14.5 Å². The molecule has 0 saturated heterocycles. The highest BCUT2D eigenvalue weighted by Gasteiger charge is 2.43. The predicted octanol–water partition coefficient (Wildman–Crippen LogP) is 5.56. The summed E-state index contributed by atoms with van der Waals surface area (Å²) >= 11 is 6.36. The van der Waals surface area contributed by atoms with Gasteiger partial charge in [-0.15, -0.1) is 0 Å². The second-order valence-electron chi connectivity index (χ2n) is 7.39. The van der Waals surface area contributed by atoms with Crippen LogP contribution >= 0.6 is 11.6 Å². The van der Waals surface area contributed by atoms with Crippen molar-refractivity contribution in [1.29, 1.82) is 0 Å². The number of carbonyl (C=O) groups excluding carboxylic acids is 2. The minimum absolute atomic E-state index is 0.130. The van der Waals surface area contributed by atoms with Gasteiger partial charge >= 0.3 is 0 Å². The molecular formula is C24H20ClNO3. The van der Waals surface area contributed by atoms with Crippen LogP contribution in [0.3, 0.4) is 0 Å². The lowest BCUT2D eigenvalue weighted by Gasteiger charge is -2.26. The third-order valence-electron chi connectivity index (χ3n) is 5.43. The van der Waals surface area contributed by atoms with E-state index in [9.17, 15) is 14.7 Å². The first-order chi connectivity index (χ1) is 13.8. The van der Waals surface area contributed by atoms with Crippen LogP contribution in [0.1, 0.15) is 49.0 Å². The molecule has 0 fully saturated rings. The molecule has 1 aliphatic rings. The number of ketones is 1. The minimum atomic E-state index is -0.871. The van der Waals surface area contributed by atoms with Gasteiger partial charge in [0.25, 0.3) is 5.91 Å². The molecule has 0 bridgehead atoms. The average molecular weight is 406 g/mol. The van der Waals surface area contributed by atoms with Gasteiger partial charge in [-0.05, 0) is 61.7 Å². The van der Waals surface area contributed by atoms with Gasteiger partial charge in [0, 0.05) is 16.3 Å². The van der Waals surface area contributed by atoms with Crippen LogP contribution < -0.4 is 4.90 Å². The number of hydrogen-bond acceptors (Lipinski definition) is 3. The number of fused-ring (bicyclic) bond motifs is 1. The van der Waals surface area contributed by atoms with Crippen molar-refractivity contribution in [3.8, 4) is 5.75 Å². The molecule has 0 unspecified atom stereocenters. The zero-order valence-corrected chi connectivity index (χ0v) is 17.1. The monoisotopic (exact) mass is 405 g/mol.